The minimum atomic E-state index is -4.72. The molecule has 0 saturated carbocycles. The molecule has 6 rings (SSSR count). The van der Waals surface area contributed by atoms with E-state index in [4.69, 9.17) is 17.3 Å². The Kier molecular flexibility index (Phi) is 21.3. The minimum absolute atomic E-state index is 0. The highest BCUT2D eigenvalue weighted by molar-refractivity contribution is 8.93. The van der Waals surface area contributed by atoms with E-state index < -0.39 is 23.3 Å². The fourth-order valence-electron chi connectivity index (χ4n) is 7.96. The average Bonchev–Trinajstić information content (AvgIpc) is 3.27. The van der Waals surface area contributed by atoms with E-state index in [9.17, 15) is 27.6 Å². The van der Waals surface area contributed by atoms with Gasteiger partial charge in [0, 0.05) is 83.1 Å². The van der Waals surface area contributed by atoms with Crippen LogP contribution in [0.15, 0.2) is 36.4 Å². The first-order chi connectivity index (χ1) is 23.9. The summed E-state index contributed by atoms with van der Waals surface area (Å²) in [6.07, 6.45) is -1.39. The lowest BCUT2D eigenvalue weighted by Gasteiger charge is -2.42. The number of urea groups is 1. The first-order valence-corrected chi connectivity index (χ1v) is 18.0. The molecular weight excluding hydrogens is 831 g/mol. The first kappa shape index (κ1) is 52.7. The Balaban J connectivity index is 0.00000504. The number of likely N-dealkylation sites (tertiary alicyclic amines) is 2. The maximum absolute atomic E-state index is 14.1. The van der Waals surface area contributed by atoms with Gasteiger partial charge in [0.1, 0.15) is 0 Å². The number of nitrogen functional groups attached to an aromatic ring is 1. The second-order valence-corrected chi connectivity index (χ2v) is 14.6. The molecule has 4 aliphatic rings. The zero-order valence-corrected chi connectivity index (χ0v) is 33.9. The molecule has 4 aliphatic heterocycles. The number of carbonyl (C=O) groups is 3. The maximum Gasteiger partial charge on any atom is 0.418 e. The summed E-state index contributed by atoms with van der Waals surface area (Å²) < 4.78 is 41.5. The molecule has 3 fully saturated rings. The zero-order chi connectivity index (χ0) is 35.6. The number of hydrogen-bond donors (Lipinski definition) is 2. The molecule has 1 atom stereocenters. The van der Waals surface area contributed by atoms with Crippen LogP contribution in [0.3, 0.4) is 0 Å². The van der Waals surface area contributed by atoms with Gasteiger partial charge in [-0.05, 0) is 74.9 Å². The molecule has 0 radical (unpaired) electrons. The highest BCUT2D eigenvalue weighted by Crippen LogP contribution is 2.38. The van der Waals surface area contributed by atoms with Gasteiger partial charge in [-0.1, -0.05) is 29.8 Å². The van der Waals surface area contributed by atoms with Crippen LogP contribution < -0.4 is 11.1 Å². The number of piperidine rings is 2. The number of halogens is 5. The van der Waals surface area contributed by atoms with E-state index in [0.29, 0.717) is 51.6 Å². The second-order valence-electron chi connectivity index (χ2n) is 14.2. The number of carbonyl (C=O) groups excluding carboxylic acids is 3. The van der Waals surface area contributed by atoms with Crippen LogP contribution in [0.1, 0.15) is 48.8 Å². The molecule has 20 heteroatoms. The van der Waals surface area contributed by atoms with Gasteiger partial charge in [-0.3, -0.25) is 14.5 Å². The molecule has 3 saturated heterocycles. The third kappa shape index (κ3) is 12.4. The number of nitrogens with two attached hydrogens (primary N) is 1. The summed E-state index contributed by atoms with van der Waals surface area (Å²) in [6.45, 7) is 6.46. The highest BCUT2D eigenvalue weighted by Gasteiger charge is 2.38. The summed E-state index contributed by atoms with van der Waals surface area (Å²) in [5, 5.41) is 2.78. The normalized spacial score (nSPS) is 18.8. The number of anilines is 2. The van der Waals surface area contributed by atoms with Gasteiger partial charge >= 0.3 is 12.2 Å². The van der Waals surface area contributed by atoms with Crippen molar-refractivity contribution in [3.8, 4) is 0 Å². The Morgan fingerprint density at radius 1 is 0.857 bits per heavy atom. The van der Waals surface area contributed by atoms with Gasteiger partial charge in [-0.15, -0.1) is 17.0 Å². The van der Waals surface area contributed by atoms with Gasteiger partial charge < -0.3 is 58.0 Å². The van der Waals surface area contributed by atoms with Crippen molar-refractivity contribution >= 4 is 57.8 Å². The molecule has 56 heavy (non-hydrogen) atoms. The Morgan fingerprint density at radius 3 is 2.04 bits per heavy atom. The van der Waals surface area contributed by atoms with Crippen molar-refractivity contribution in [2.75, 3.05) is 77.0 Å². The number of rotatable bonds is 7. The Hall–Kier alpha value is -3.27. The smallest absolute Gasteiger partial charge is 0.412 e. The van der Waals surface area contributed by atoms with Crippen molar-refractivity contribution in [1.29, 1.82) is 0 Å². The summed E-state index contributed by atoms with van der Waals surface area (Å²) >= 11 is 6.15. The van der Waals surface area contributed by atoms with Crippen LogP contribution in [0.25, 0.3) is 0 Å². The lowest BCUT2D eigenvalue weighted by Crippen LogP contribution is -2.53. The molecule has 15 nitrogen and oxygen atoms in total. The number of benzene rings is 2. The molecule has 13 N–H and O–H groups in total. The number of nitrogens with zero attached hydrogens (tertiary/aromatic N) is 5. The van der Waals surface area contributed by atoms with Crippen LogP contribution in [0.5, 0.6) is 0 Å². The number of piperazine rings is 1. The number of para-hydroxylation sites is 1. The first-order valence-electron chi connectivity index (χ1n) is 17.7. The van der Waals surface area contributed by atoms with Crippen LogP contribution in [-0.4, -0.2) is 148 Å². The molecule has 4 heterocycles. The van der Waals surface area contributed by atoms with Crippen molar-refractivity contribution in [2.24, 2.45) is 5.92 Å². The topological polar surface area (TPSA) is 263 Å². The third-order valence-electron chi connectivity index (χ3n) is 11.0. The molecule has 0 aromatic heterocycles. The second kappa shape index (κ2) is 22.6. The number of alkyl halides is 3. The largest absolute Gasteiger partial charge is 0.418 e. The predicted molar refractivity (Wildman–Crippen MR) is 215 cm³/mol. The van der Waals surface area contributed by atoms with Crippen molar-refractivity contribution in [3.05, 3.63) is 58.1 Å². The van der Waals surface area contributed by atoms with E-state index in [2.05, 4.69) is 22.2 Å². The van der Waals surface area contributed by atoms with E-state index in [-0.39, 0.29) is 91.7 Å². The lowest BCUT2D eigenvalue weighted by molar-refractivity contribution is -0.143. The highest BCUT2D eigenvalue weighted by atomic mass is 79.9. The molecule has 4 amide bonds. The summed E-state index contributed by atoms with van der Waals surface area (Å²) in [5.41, 5.74) is 6.19. The fourth-order valence-corrected chi connectivity index (χ4v) is 8.20. The molecule has 2 aromatic rings. The number of likely N-dealkylation sites (N-methyl/N-ethyl adjacent to an activating group) is 1. The molecule has 0 unspecified atom stereocenters. The molecular formula is C36H58BrClF3N7O8. The molecule has 0 spiro atoms. The molecule has 320 valence electrons. The summed E-state index contributed by atoms with van der Waals surface area (Å²) in [5.74, 6) is -1.32. The third-order valence-corrected chi connectivity index (χ3v) is 11.3. The number of fused-ring (bicyclic) bond motifs is 1. The van der Waals surface area contributed by atoms with E-state index in [1.165, 1.54) is 6.07 Å². The lowest BCUT2D eigenvalue weighted by atomic mass is 9.91. The zero-order valence-electron chi connectivity index (χ0n) is 31.5. The standard InChI is InChI=1S/C36H47ClF3N7O3.BrH.5H2O/c1-43-16-18-44(19-17-43)27-7-13-46(14-8-27)34(49)26(20-24-21-29(36(38,39)40)33(41)30(37)22-24)23-32(48)45-11-9-28(10-12-45)47-15-6-25-4-2-3-5-31(25)42-35(47)50;;;;;;/h2-5,21-22,26-28H,6-20,23,41H2,1H3,(H,42,50);1H;5*1H2/t26-;;;;;;/m0....../s1. The number of nitrogens with one attached hydrogen (secondary N) is 1. The van der Waals surface area contributed by atoms with Gasteiger partial charge in [0.15, 0.2) is 0 Å². The molecule has 2 aromatic carbocycles. The minimum Gasteiger partial charge on any atom is -0.412 e. The van der Waals surface area contributed by atoms with Crippen molar-refractivity contribution in [2.45, 2.75) is 63.2 Å². The summed E-state index contributed by atoms with van der Waals surface area (Å²) in [6, 6.07) is 10.3. The Bertz CT molecular complexity index is 1580. The summed E-state index contributed by atoms with van der Waals surface area (Å²) in [7, 11) is 2.11. The van der Waals surface area contributed by atoms with Crippen molar-refractivity contribution in [1.82, 2.24) is 24.5 Å². The number of hydrogen-bond acceptors (Lipinski definition) is 6. The van der Waals surface area contributed by atoms with Gasteiger partial charge in [0.25, 0.3) is 0 Å². The van der Waals surface area contributed by atoms with Gasteiger partial charge in [-0.25, -0.2) is 4.79 Å². The van der Waals surface area contributed by atoms with Crippen LogP contribution in [-0.2, 0) is 28.6 Å². The SMILES string of the molecule is Br.CN1CCN(C2CCN(C(=O)[C@H](CC(=O)N3CCC(N4CCc5ccccc5NC4=O)CC3)Cc3cc(Cl)c(N)c(C(F)(F)F)c3)CC2)CC1.O.O.O.O.O. The predicted octanol–water partition coefficient (Wildman–Crippen LogP) is 1.26. The average molecular weight is 889 g/mol. The van der Waals surface area contributed by atoms with Crippen LogP contribution >= 0.6 is 28.6 Å². The Labute approximate surface area is 340 Å². The Morgan fingerprint density at radius 2 is 1.43 bits per heavy atom. The number of amides is 4. The van der Waals surface area contributed by atoms with Gasteiger partial charge in [0.2, 0.25) is 11.8 Å². The van der Waals surface area contributed by atoms with E-state index >= 15 is 0 Å². The van der Waals surface area contributed by atoms with Crippen LogP contribution in [0.2, 0.25) is 5.02 Å². The van der Waals surface area contributed by atoms with Crippen molar-refractivity contribution < 1.29 is 54.9 Å². The van der Waals surface area contributed by atoms with E-state index in [1.54, 1.807) is 9.80 Å². The van der Waals surface area contributed by atoms with E-state index in [0.717, 1.165) is 62.8 Å². The van der Waals surface area contributed by atoms with Crippen LogP contribution in [0, 0.1) is 5.92 Å². The fraction of sp³-hybridized carbons (Fsp3) is 0.583. The van der Waals surface area contributed by atoms with Gasteiger partial charge in [-0.2, -0.15) is 13.2 Å². The van der Waals surface area contributed by atoms with Crippen LogP contribution in [0.4, 0.5) is 29.3 Å². The molecule has 0 bridgehead atoms. The van der Waals surface area contributed by atoms with Crippen molar-refractivity contribution in [3.63, 3.8) is 0 Å². The quantitative estimate of drug-likeness (QED) is 0.387. The van der Waals surface area contributed by atoms with Gasteiger partial charge in [0.05, 0.1) is 22.2 Å². The maximum atomic E-state index is 14.1. The monoisotopic (exact) mass is 887 g/mol. The molecule has 0 aliphatic carbocycles. The van der Waals surface area contributed by atoms with E-state index in [1.807, 2.05) is 29.2 Å². The summed E-state index contributed by atoms with van der Waals surface area (Å²) in [4.78, 5) is 51.1.